The van der Waals surface area contributed by atoms with Crippen molar-refractivity contribution in [2.45, 2.75) is 52.4 Å². The molecule has 1 atom stereocenters. The van der Waals surface area contributed by atoms with Gasteiger partial charge in [-0.15, -0.1) is 0 Å². The maximum atomic E-state index is 12.8. The van der Waals surface area contributed by atoms with Gasteiger partial charge in [0.15, 0.2) is 0 Å². The first-order valence-corrected chi connectivity index (χ1v) is 9.44. The fourth-order valence-electron chi connectivity index (χ4n) is 4.21. The quantitative estimate of drug-likeness (QED) is 0.673. The summed E-state index contributed by atoms with van der Waals surface area (Å²) >= 11 is 0. The van der Waals surface area contributed by atoms with Crippen LogP contribution in [0.25, 0.3) is 10.9 Å². The molecular formula is C21H26N4O. The molecule has 0 aliphatic heterocycles. The summed E-state index contributed by atoms with van der Waals surface area (Å²) in [5.74, 6) is 0.0611. The molecule has 0 radical (unpaired) electrons. The highest BCUT2D eigenvalue weighted by Crippen LogP contribution is 2.36. The minimum Gasteiger partial charge on any atom is -0.357 e. The van der Waals surface area contributed by atoms with Gasteiger partial charge in [-0.3, -0.25) is 9.89 Å². The molecule has 1 aromatic carbocycles. The summed E-state index contributed by atoms with van der Waals surface area (Å²) in [4.78, 5) is 16.4. The minimum absolute atomic E-state index is 0.0713. The smallest absolute Gasteiger partial charge is 0.229 e. The van der Waals surface area contributed by atoms with Crippen molar-refractivity contribution in [3.63, 3.8) is 0 Å². The molecular weight excluding hydrogens is 324 g/mol. The summed E-state index contributed by atoms with van der Waals surface area (Å²) in [5.41, 5.74) is 8.16. The molecule has 136 valence electrons. The van der Waals surface area contributed by atoms with Crippen LogP contribution in [0.4, 0.5) is 0 Å². The van der Waals surface area contributed by atoms with Gasteiger partial charge in [-0.1, -0.05) is 11.6 Å². The lowest BCUT2D eigenvalue weighted by molar-refractivity contribution is -0.122. The predicted molar refractivity (Wildman–Crippen MR) is 103 cm³/mol. The molecule has 0 unspecified atom stereocenters. The van der Waals surface area contributed by atoms with E-state index in [9.17, 15) is 4.79 Å². The van der Waals surface area contributed by atoms with Crippen LogP contribution in [0.3, 0.4) is 0 Å². The third-order valence-corrected chi connectivity index (χ3v) is 5.63. The van der Waals surface area contributed by atoms with Crippen molar-refractivity contribution in [2.75, 3.05) is 6.54 Å². The van der Waals surface area contributed by atoms with E-state index in [-0.39, 0.29) is 11.8 Å². The van der Waals surface area contributed by atoms with Crippen molar-refractivity contribution in [1.82, 2.24) is 20.5 Å². The highest BCUT2D eigenvalue weighted by Gasteiger charge is 2.29. The number of amides is 1. The highest BCUT2D eigenvalue weighted by molar-refractivity contribution is 5.90. The van der Waals surface area contributed by atoms with Crippen LogP contribution in [-0.4, -0.2) is 27.6 Å². The van der Waals surface area contributed by atoms with Crippen LogP contribution < -0.4 is 5.32 Å². The van der Waals surface area contributed by atoms with E-state index in [0.29, 0.717) is 6.54 Å². The minimum atomic E-state index is -0.0713. The number of aromatic amines is 2. The van der Waals surface area contributed by atoms with Crippen LogP contribution in [0.2, 0.25) is 0 Å². The number of benzene rings is 1. The highest BCUT2D eigenvalue weighted by atomic mass is 16.1. The monoisotopic (exact) mass is 350 g/mol. The Kier molecular flexibility index (Phi) is 4.31. The second kappa shape index (κ2) is 6.63. The standard InChI is InChI=1S/C21H26N4O/c1-12-7-8-19-18(11-12)16-5-4-6-17(20(16)23-19)21(26)22-10-9-15-13(2)24-25-14(15)3/h7-8,11,17,23H,4-6,9-10H2,1-3H3,(H,22,26)(H,24,25)/t17-/m0/s1. The number of carbonyl (C=O) groups excluding carboxylic acids is 1. The molecule has 3 N–H and O–H groups in total. The lowest BCUT2D eigenvalue weighted by Crippen LogP contribution is -2.33. The molecule has 0 bridgehead atoms. The van der Waals surface area contributed by atoms with E-state index in [1.807, 2.05) is 13.8 Å². The van der Waals surface area contributed by atoms with Crippen molar-refractivity contribution in [1.29, 1.82) is 0 Å². The Morgan fingerprint density at radius 3 is 2.92 bits per heavy atom. The molecule has 5 heteroatoms. The van der Waals surface area contributed by atoms with Gasteiger partial charge in [0.25, 0.3) is 0 Å². The average Bonchev–Trinajstić information content (AvgIpc) is 3.15. The number of hydrogen-bond acceptors (Lipinski definition) is 2. The maximum absolute atomic E-state index is 12.8. The second-order valence-corrected chi connectivity index (χ2v) is 7.46. The number of aryl methyl sites for hydroxylation is 4. The molecule has 4 rings (SSSR count). The van der Waals surface area contributed by atoms with E-state index in [1.54, 1.807) is 0 Å². The summed E-state index contributed by atoms with van der Waals surface area (Å²) in [6, 6.07) is 6.48. The number of aromatic nitrogens is 3. The molecule has 26 heavy (non-hydrogen) atoms. The first-order chi connectivity index (χ1) is 12.5. The van der Waals surface area contributed by atoms with E-state index < -0.39 is 0 Å². The first kappa shape index (κ1) is 16.9. The Balaban J connectivity index is 1.50. The van der Waals surface area contributed by atoms with E-state index in [1.165, 1.54) is 22.1 Å². The molecule has 0 spiro atoms. The fourth-order valence-corrected chi connectivity index (χ4v) is 4.21. The number of nitrogens with zero attached hydrogens (tertiary/aromatic N) is 1. The van der Waals surface area contributed by atoms with Gasteiger partial charge in [-0.2, -0.15) is 5.10 Å². The van der Waals surface area contributed by atoms with Gasteiger partial charge >= 0.3 is 0 Å². The van der Waals surface area contributed by atoms with E-state index in [2.05, 4.69) is 45.6 Å². The van der Waals surface area contributed by atoms with Gasteiger partial charge in [0.2, 0.25) is 5.91 Å². The van der Waals surface area contributed by atoms with Crippen LogP contribution in [0.15, 0.2) is 18.2 Å². The number of nitrogens with one attached hydrogen (secondary N) is 3. The van der Waals surface area contributed by atoms with Crippen molar-refractivity contribution < 1.29 is 4.79 Å². The molecule has 1 aliphatic rings. The van der Waals surface area contributed by atoms with Gasteiger partial charge < -0.3 is 10.3 Å². The molecule has 2 heterocycles. The molecule has 5 nitrogen and oxygen atoms in total. The predicted octanol–water partition coefficient (Wildman–Crippen LogP) is 3.60. The van der Waals surface area contributed by atoms with Crippen LogP contribution in [0.1, 0.15) is 52.5 Å². The van der Waals surface area contributed by atoms with Crippen molar-refractivity contribution in [3.05, 3.63) is 52.0 Å². The number of hydrogen-bond donors (Lipinski definition) is 3. The number of rotatable bonds is 4. The Morgan fingerprint density at radius 1 is 1.31 bits per heavy atom. The van der Waals surface area contributed by atoms with Crippen LogP contribution in [0, 0.1) is 20.8 Å². The fraction of sp³-hybridized carbons (Fsp3) is 0.429. The van der Waals surface area contributed by atoms with E-state index >= 15 is 0 Å². The van der Waals surface area contributed by atoms with Gasteiger partial charge in [-0.05, 0) is 69.7 Å². The van der Waals surface area contributed by atoms with Crippen molar-refractivity contribution in [2.24, 2.45) is 0 Å². The van der Waals surface area contributed by atoms with Gasteiger partial charge in [0, 0.05) is 28.8 Å². The first-order valence-electron chi connectivity index (χ1n) is 9.44. The number of carbonyl (C=O) groups is 1. The summed E-state index contributed by atoms with van der Waals surface area (Å²) in [7, 11) is 0. The van der Waals surface area contributed by atoms with Crippen LogP contribution >= 0.6 is 0 Å². The molecule has 1 amide bonds. The molecule has 0 saturated heterocycles. The lowest BCUT2D eigenvalue weighted by Gasteiger charge is -2.22. The zero-order valence-electron chi connectivity index (χ0n) is 15.7. The summed E-state index contributed by atoms with van der Waals surface area (Å²) in [6.45, 7) is 6.79. The van der Waals surface area contributed by atoms with Gasteiger partial charge in [-0.25, -0.2) is 0 Å². The largest absolute Gasteiger partial charge is 0.357 e. The normalized spacial score (nSPS) is 16.7. The number of fused-ring (bicyclic) bond motifs is 3. The van der Waals surface area contributed by atoms with E-state index in [4.69, 9.17) is 0 Å². The van der Waals surface area contributed by atoms with Crippen LogP contribution in [0.5, 0.6) is 0 Å². The molecule has 2 aromatic heterocycles. The summed E-state index contributed by atoms with van der Waals surface area (Å²) in [6.07, 6.45) is 3.84. The van der Waals surface area contributed by atoms with Crippen molar-refractivity contribution in [3.8, 4) is 0 Å². The Bertz CT molecular complexity index is 946. The number of H-pyrrole nitrogens is 2. The lowest BCUT2D eigenvalue weighted by atomic mass is 9.86. The Hall–Kier alpha value is -2.56. The molecule has 0 saturated carbocycles. The summed E-state index contributed by atoms with van der Waals surface area (Å²) in [5, 5.41) is 11.6. The Morgan fingerprint density at radius 2 is 2.15 bits per heavy atom. The zero-order valence-corrected chi connectivity index (χ0v) is 15.7. The maximum Gasteiger partial charge on any atom is 0.229 e. The SMILES string of the molecule is Cc1ccc2[nH]c3c(c2c1)CCC[C@@H]3C(=O)NCCc1c(C)n[nH]c1C. The van der Waals surface area contributed by atoms with Crippen molar-refractivity contribution >= 4 is 16.8 Å². The molecule has 0 fully saturated rings. The van der Waals surface area contributed by atoms with Crippen LogP contribution in [-0.2, 0) is 17.6 Å². The topological polar surface area (TPSA) is 73.6 Å². The summed E-state index contributed by atoms with van der Waals surface area (Å²) < 4.78 is 0. The van der Waals surface area contributed by atoms with E-state index in [0.717, 1.165) is 48.3 Å². The second-order valence-electron chi connectivity index (χ2n) is 7.46. The zero-order chi connectivity index (χ0) is 18.3. The Labute approximate surface area is 153 Å². The molecule has 1 aliphatic carbocycles. The third kappa shape index (κ3) is 2.91. The third-order valence-electron chi connectivity index (χ3n) is 5.63. The average molecular weight is 350 g/mol. The van der Waals surface area contributed by atoms with Gasteiger partial charge in [0.05, 0.1) is 11.6 Å². The van der Waals surface area contributed by atoms with Gasteiger partial charge in [0.1, 0.15) is 0 Å². The molecule has 3 aromatic rings.